The molecule has 5 heteroatoms. The first-order chi connectivity index (χ1) is 10.7. The van der Waals surface area contributed by atoms with Gasteiger partial charge in [-0.3, -0.25) is 4.79 Å². The summed E-state index contributed by atoms with van der Waals surface area (Å²) in [6.45, 7) is 5.78. The number of nitrogens with one attached hydrogen (secondary N) is 1. The van der Waals surface area contributed by atoms with Crippen LogP contribution in [0.15, 0.2) is 18.2 Å². The number of anilines is 1. The molecule has 2 aromatic rings. The molecule has 1 aromatic heterocycles. The second-order valence-corrected chi connectivity index (χ2v) is 5.85. The molecule has 0 aliphatic carbocycles. The smallest absolute Gasteiger partial charge is 0.226 e. The summed E-state index contributed by atoms with van der Waals surface area (Å²) >= 11 is 0. The first-order valence-corrected chi connectivity index (χ1v) is 8.05. The standard InChI is InChI=1S/C17H23N3O2/c1-3-20-12(2)18-15-10-13(7-8-16(15)20)19-17(21)11-14-6-4-5-9-22-14/h7-8,10,14H,3-6,9,11H2,1-2H3,(H,19,21)/t14-/m1/s1. The summed E-state index contributed by atoms with van der Waals surface area (Å²) in [4.78, 5) is 16.7. The molecule has 1 atom stereocenters. The van der Waals surface area contributed by atoms with E-state index in [1.807, 2.05) is 25.1 Å². The first kappa shape index (κ1) is 15.0. The van der Waals surface area contributed by atoms with E-state index in [0.29, 0.717) is 6.42 Å². The lowest BCUT2D eigenvalue weighted by Gasteiger charge is -2.21. The molecular formula is C17H23N3O2. The maximum atomic E-state index is 12.1. The number of rotatable bonds is 4. The van der Waals surface area contributed by atoms with E-state index in [1.54, 1.807) is 0 Å². The van der Waals surface area contributed by atoms with Crippen LogP contribution in [0.4, 0.5) is 5.69 Å². The highest BCUT2D eigenvalue weighted by Gasteiger charge is 2.18. The first-order valence-electron chi connectivity index (χ1n) is 8.05. The van der Waals surface area contributed by atoms with E-state index in [4.69, 9.17) is 4.74 Å². The van der Waals surface area contributed by atoms with Crippen molar-refractivity contribution in [3.05, 3.63) is 24.0 Å². The number of hydrogen-bond acceptors (Lipinski definition) is 3. The largest absolute Gasteiger partial charge is 0.378 e. The highest BCUT2D eigenvalue weighted by molar-refractivity contribution is 5.93. The molecule has 1 saturated heterocycles. The topological polar surface area (TPSA) is 56.2 Å². The summed E-state index contributed by atoms with van der Waals surface area (Å²) in [5, 5.41) is 2.96. The fourth-order valence-electron chi connectivity index (χ4n) is 3.11. The van der Waals surface area contributed by atoms with Gasteiger partial charge in [-0.1, -0.05) is 0 Å². The van der Waals surface area contributed by atoms with E-state index in [2.05, 4.69) is 21.8 Å². The lowest BCUT2D eigenvalue weighted by Crippen LogP contribution is -2.25. The van der Waals surface area contributed by atoms with Crippen LogP contribution in [0.3, 0.4) is 0 Å². The maximum absolute atomic E-state index is 12.1. The molecule has 0 radical (unpaired) electrons. The summed E-state index contributed by atoms with van der Waals surface area (Å²) in [5.41, 5.74) is 2.83. The third kappa shape index (κ3) is 3.14. The number of hydrogen-bond donors (Lipinski definition) is 1. The van der Waals surface area contributed by atoms with Gasteiger partial charge in [0.05, 0.1) is 23.6 Å². The van der Waals surface area contributed by atoms with E-state index < -0.39 is 0 Å². The third-order valence-electron chi connectivity index (χ3n) is 4.23. The van der Waals surface area contributed by atoms with E-state index >= 15 is 0 Å². The highest BCUT2D eigenvalue weighted by Crippen LogP contribution is 2.21. The Bertz CT molecular complexity index is 672. The van der Waals surface area contributed by atoms with Gasteiger partial charge in [-0.2, -0.15) is 0 Å². The van der Waals surface area contributed by atoms with Crippen molar-refractivity contribution in [3.63, 3.8) is 0 Å². The van der Waals surface area contributed by atoms with Crippen LogP contribution in [0.1, 0.15) is 38.4 Å². The molecule has 3 rings (SSSR count). The number of imidazole rings is 1. The number of carbonyl (C=O) groups excluding carboxylic acids is 1. The van der Waals surface area contributed by atoms with E-state index in [1.165, 1.54) is 0 Å². The van der Waals surface area contributed by atoms with Crippen molar-refractivity contribution >= 4 is 22.6 Å². The molecule has 0 spiro atoms. The molecule has 1 aliphatic heterocycles. The number of aryl methyl sites for hydroxylation is 2. The second-order valence-electron chi connectivity index (χ2n) is 5.85. The second kappa shape index (κ2) is 6.48. The number of nitrogens with zero attached hydrogens (tertiary/aromatic N) is 2. The number of ether oxygens (including phenoxy) is 1. The van der Waals surface area contributed by atoms with Crippen LogP contribution in [0.5, 0.6) is 0 Å². The molecule has 22 heavy (non-hydrogen) atoms. The van der Waals surface area contributed by atoms with E-state index in [9.17, 15) is 4.79 Å². The summed E-state index contributed by atoms with van der Waals surface area (Å²) in [6, 6.07) is 5.90. The highest BCUT2D eigenvalue weighted by atomic mass is 16.5. The number of benzene rings is 1. The summed E-state index contributed by atoms with van der Waals surface area (Å²) in [6.07, 6.45) is 3.73. The van der Waals surface area contributed by atoms with Gasteiger partial charge in [0.1, 0.15) is 5.82 Å². The quantitative estimate of drug-likeness (QED) is 0.943. The van der Waals surface area contributed by atoms with Crippen LogP contribution >= 0.6 is 0 Å². The average Bonchev–Trinajstić information content (AvgIpc) is 2.82. The van der Waals surface area contributed by atoms with Gasteiger partial charge in [0.15, 0.2) is 0 Å². The molecule has 1 N–H and O–H groups in total. The van der Waals surface area contributed by atoms with Gasteiger partial charge in [-0.05, 0) is 51.3 Å². The zero-order valence-electron chi connectivity index (χ0n) is 13.3. The van der Waals surface area contributed by atoms with Gasteiger partial charge in [-0.25, -0.2) is 4.98 Å². The molecular weight excluding hydrogens is 278 g/mol. The Balaban J connectivity index is 1.69. The van der Waals surface area contributed by atoms with Crippen molar-refractivity contribution in [2.45, 2.75) is 52.2 Å². The van der Waals surface area contributed by atoms with E-state index in [-0.39, 0.29) is 12.0 Å². The lowest BCUT2D eigenvalue weighted by molar-refractivity contribution is -0.119. The van der Waals surface area contributed by atoms with Crippen molar-refractivity contribution in [3.8, 4) is 0 Å². The van der Waals surface area contributed by atoms with Crippen LogP contribution in [0, 0.1) is 6.92 Å². The van der Waals surface area contributed by atoms with Gasteiger partial charge in [0, 0.05) is 18.8 Å². The lowest BCUT2D eigenvalue weighted by atomic mass is 10.1. The van der Waals surface area contributed by atoms with Crippen molar-refractivity contribution in [1.82, 2.24) is 9.55 Å². The number of carbonyl (C=O) groups is 1. The van der Waals surface area contributed by atoms with Crippen LogP contribution in [0.2, 0.25) is 0 Å². The molecule has 0 saturated carbocycles. The number of amides is 1. The van der Waals surface area contributed by atoms with Crippen molar-refractivity contribution < 1.29 is 9.53 Å². The summed E-state index contributed by atoms with van der Waals surface area (Å²) in [7, 11) is 0. The van der Waals surface area contributed by atoms with Crippen LogP contribution < -0.4 is 5.32 Å². The Morgan fingerprint density at radius 2 is 2.32 bits per heavy atom. The van der Waals surface area contributed by atoms with Gasteiger partial charge in [0.25, 0.3) is 0 Å². The van der Waals surface area contributed by atoms with Gasteiger partial charge in [-0.15, -0.1) is 0 Å². The van der Waals surface area contributed by atoms with Crippen LogP contribution in [-0.2, 0) is 16.1 Å². The molecule has 1 fully saturated rings. The van der Waals surface area contributed by atoms with Crippen molar-refractivity contribution in [2.24, 2.45) is 0 Å². The van der Waals surface area contributed by atoms with E-state index in [0.717, 1.165) is 55.0 Å². The Hall–Kier alpha value is -1.88. The molecule has 1 aromatic carbocycles. The Labute approximate surface area is 130 Å². The normalized spacial score (nSPS) is 18.5. The van der Waals surface area contributed by atoms with Gasteiger partial charge in [0.2, 0.25) is 5.91 Å². The predicted molar refractivity (Wildman–Crippen MR) is 87.0 cm³/mol. The Morgan fingerprint density at radius 1 is 1.45 bits per heavy atom. The molecule has 0 bridgehead atoms. The maximum Gasteiger partial charge on any atom is 0.226 e. The molecule has 1 aliphatic rings. The predicted octanol–water partition coefficient (Wildman–Crippen LogP) is 3.26. The Morgan fingerprint density at radius 3 is 3.05 bits per heavy atom. The molecule has 0 unspecified atom stereocenters. The molecule has 1 amide bonds. The van der Waals surface area contributed by atoms with Crippen LogP contribution in [0.25, 0.3) is 11.0 Å². The minimum absolute atomic E-state index is 0.0119. The SMILES string of the molecule is CCn1c(C)nc2cc(NC(=O)C[C@H]3CCCCO3)ccc21. The van der Waals surface area contributed by atoms with Gasteiger partial charge >= 0.3 is 0 Å². The molecule has 5 nitrogen and oxygen atoms in total. The molecule has 118 valence electrons. The Kier molecular flexibility index (Phi) is 4.43. The monoisotopic (exact) mass is 301 g/mol. The zero-order chi connectivity index (χ0) is 15.5. The van der Waals surface area contributed by atoms with Crippen molar-refractivity contribution in [2.75, 3.05) is 11.9 Å². The number of fused-ring (bicyclic) bond motifs is 1. The minimum atomic E-state index is 0.0119. The average molecular weight is 301 g/mol. The van der Waals surface area contributed by atoms with Gasteiger partial charge < -0.3 is 14.6 Å². The van der Waals surface area contributed by atoms with Crippen LogP contribution in [-0.4, -0.2) is 28.2 Å². The minimum Gasteiger partial charge on any atom is -0.378 e. The number of aromatic nitrogens is 2. The fourth-order valence-corrected chi connectivity index (χ4v) is 3.11. The zero-order valence-corrected chi connectivity index (χ0v) is 13.3. The fraction of sp³-hybridized carbons (Fsp3) is 0.529. The van der Waals surface area contributed by atoms with Crippen molar-refractivity contribution in [1.29, 1.82) is 0 Å². The third-order valence-corrected chi connectivity index (χ3v) is 4.23. The summed E-state index contributed by atoms with van der Waals surface area (Å²) < 4.78 is 7.78. The summed E-state index contributed by atoms with van der Waals surface area (Å²) in [5.74, 6) is 1.01. The molecule has 2 heterocycles.